The monoisotopic (exact) mass is 686 g/mol. The van der Waals surface area contributed by atoms with Gasteiger partial charge in [0.05, 0.1) is 19.6 Å². The molecule has 0 radical (unpaired) electrons. The van der Waals surface area contributed by atoms with Gasteiger partial charge in [-0.05, 0) is 21.0 Å². The average Bonchev–Trinajstić information content (AvgIpc) is 3.04. The maximum Gasteiger partial charge on any atom is 0.349 e. The van der Waals surface area contributed by atoms with E-state index in [0.29, 0.717) is 0 Å². The van der Waals surface area contributed by atoms with Crippen LogP contribution in [0.1, 0.15) is 74.3 Å². The average molecular weight is 687 g/mol. The molecule has 8 heteroatoms. The Morgan fingerprint density at radius 3 is 1.79 bits per heavy atom. The van der Waals surface area contributed by atoms with Crippen LogP contribution in [-0.4, -0.2) is 58.8 Å². The minimum absolute atomic E-state index is 0.0198. The van der Waals surface area contributed by atoms with Gasteiger partial charge in [0.15, 0.2) is 0 Å². The summed E-state index contributed by atoms with van der Waals surface area (Å²) in [7, 11) is -6.21. The first-order valence-electron chi connectivity index (χ1n) is 17.1. The van der Waals surface area contributed by atoms with Crippen LogP contribution in [0.4, 0.5) is 0 Å². The van der Waals surface area contributed by atoms with E-state index in [1.165, 1.54) is 0 Å². The highest BCUT2D eigenvalue weighted by molar-refractivity contribution is 6.99. The standard InChI is InChI=1S/C40H54O6Si2/c1-11-27-40(42-28-30-21-15-12-16-22-30)36(41)35(34-33(44-40)29-43-48(46-34,38(5,6)7)39(8,9)10)45-47(37(2,3)4,31-23-17-13-18-24-31)32-25-19-14-20-26-32/h1,12-26,33-36,41H,27-29H2,2-10H3/t33-,34-,35+,36-,40+/m1/s1. The van der Waals surface area contributed by atoms with Crippen molar-refractivity contribution in [3.05, 3.63) is 96.6 Å². The number of fused-ring (bicyclic) bond motifs is 1. The Hall–Kier alpha value is -2.59. The predicted molar refractivity (Wildman–Crippen MR) is 197 cm³/mol. The third kappa shape index (κ3) is 6.52. The van der Waals surface area contributed by atoms with Gasteiger partial charge in [0.1, 0.15) is 24.4 Å². The van der Waals surface area contributed by atoms with E-state index in [4.69, 9.17) is 29.2 Å². The van der Waals surface area contributed by atoms with Gasteiger partial charge in [-0.25, -0.2) is 0 Å². The molecule has 258 valence electrons. The van der Waals surface area contributed by atoms with Gasteiger partial charge in [-0.3, -0.25) is 0 Å². The Kier molecular flexibility index (Phi) is 10.4. The maximum absolute atomic E-state index is 12.8. The number of hydrogen-bond acceptors (Lipinski definition) is 6. The van der Waals surface area contributed by atoms with Crippen molar-refractivity contribution < 1.29 is 27.9 Å². The van der Waals surface area contributed by atoms with E-state index >= 15 is 0 Å². The molecule has 2 aliphatic rings. The molecule has 2 fully saturated rings. The maximum atomic E-state index is 12.8. The van der Waals surface area contributed by atoms with Gasteiger partial charge in [0.25, 0.3) is 8.32 Å². The second-order valence-corrected chi connectivity index (χ2v) is 25.3. The summed E-state index contributed by atoms with van der Waals surface area (Å²) in [4.78, 5) is 0. The van der Waals surface area contributed by atoms with Crippen molar-refractivity contribution in [3.63, 3.8) is 0 Å². The zero-order valence-electron chi connectivity index (χ0n) is 30.2. The van der Waals surface area contributed by atoms with Gasteiger partial charge in [0, 0.05) is 10.1 Å². The van der Waals surface area contributed by atoms with Gasteiger partial charge in [0.2, 0.25) is 5.79 Å². The Morgan fingerprint density at radius 2 is 1.33 bits per heavy atom. The number of ether oxygens (including phenoxy) is 2. The van der Waals surface area contributed by atoms with Crippen molar-refractivity contribution in [2.45, 2.75) is 121 Å². The Morgan fingerprint density at radius 1 is 0.833 bits per heavy atom. The lowest BCUT2D eigenvalue weighted by molar-refractivity contribution is -0.368. The van der Waals surface area contributed by atoms with Crippen LogP contribution in [0.5, 0.6) is 0 Å². The van der Waals surface area contributed by atoms with Crippen LogP contribution >= 0.6 is 0 Å². The van der Waals surface area contributed by atoms with Crippen molar-refractivity contribution >= 4 is 27.3 Å². The molecule has 0 saturated carbocycles. The number of benzene rings is 3. The largest absolute Gasteiger partial charge is 0.399 e. The van der Waals surface area contributed by atoms with Crippen molar-refractivity contribution in [2.75, 3.05) is 6.61 Å². The van der Waals surface area contributed by atoms with Gasteiger partial charge in [-0.2, -0.15) is 0 Å². The number of rotatable bonds is 8. The van der Waals surface area contributed by atoms with Crippen LogP contribution in [0, 0.1) is 12.3 Å². The van der Waals surface area contributed by atoms with Gasteiger partial charge in [-0.15, -0.1) is 12.3 Å². The molecule has 5 atom stereocenters. The summed E-state index contributed by atoms with van der Waals surface area (Å²) in [6.07, 6.45) is 2.69. The van der Waals surface area contributed by atoms with Crippen molar-refractivity contribution in [3.8, 4) is 12.3 Å². The Labute approximate surface area is 290 Å². The topological polar surface area (TPSA) is 66.4 Å². The normalized spacial score (nSPS) is 26.4. The number of aliphatic hydroxyl groups is 1. The molecule has 0 aromatic heterocycles. The van der Waals surface area contributed by atoms with E-state index < -0.39 is 47.1 Å². The smallest absolute Gasteiger partial charge is 0.349 e. The molecule has 6 nitrogen and oxygen atoms in total. The highest BCUT2D eigenvalue weighted by Crippen LogP contribution is 2.56. The summed E-state index contributed by atoms with van der Waals surface area (Å²) in [5.74, 6) is 1.20. The van der Waals surface area contributed by atoms with E-state index in [9.17, 15) is 5.11 Å². The van der Waals surface area contributed by atoms with Crippen LogP contribution in [0.25, 0.3) is 0 Å². The lowest BCUT2D eigenvalue weighted by Gasteiger charge is -2.60. The molecule has 2 aliphatic heterocycles. The molecule has 5 rings (SSSR count). The van der Waals surface area contributed by atoms with Crippen LogP contribution in [0.15, 0.2) is 91.0 Å². The van der Waals surface area contributed by atoms with Gasteiger partial charge >= 0.3 is 8.56 Å². The Bertz CT molecular complexity index is 1480. The fourth-order valence-corrected chi connectivity index (χ4v) is 17.6. The minimum Gasteiger partial charge on any atom is -0.399 e. The molecule has 2 saturated heterocycles. The minimum atomic E-state index is -3.19. The first-order chi connectivity index (χ1) is 22.5. The number of aliphatic hydroxyl groups excluding tert-OH is 1. The first-order valence-corrected chi connectivity index (χ1v) is 20.8. The van der Waals surface area contributed by atoms with Gasteiger partial charge < -0.3 is 27.9 Å². The molecule has 3 aromatic carbocycles. The van der Waals surface area contributed by atoms with E-state index in [2.05, 4.69) is 117 Å². The number of hydrogen-bond donors (Lipinski definition) is 1. The van der Waals surface area contributed by atoms with Gasteiger partial charge in [-0.1, -0.05) is 153 Å². The van der Waals surface area contributed by atoms with Crippen LogP contribution in [0.3, 0.4) is 0 Å². The van der Waals surface area contributed by atoms with Crippen LogP contribution in [0.2, 0.25) is 15.1 Å². The molecule has 3 aromatic rings. The summed E-state index contributed by atoms with van der Waals surface area (Å²) in [5.41, 5.74) is 0.944. The summed E-state index contributed by atoms with van der Waals surface area (Å²) in [6.45, 7) is 20.3. The van der Waals surface area contributed by atoms with Crippen molar-refractivity contribution in [1.82, 2.24) is 0 Å². The molecular formula is C40H54O6Si2. The van der Waals surface area contributed by atoms with Crippen molar-refractivity contribution in [2.24, 2.45) is 0 Å². The zero-order valence-corrected chi connectivity index (χ0v) is 32.2. The third-order valence-corrected chi connectivity index (χ3v) is 20.1. The highest BCUT2D eigenvalue weighted by Gasteiger charge is 2.68. The molecular weight excluding hydrogens is 633 g/mol. The van der Waals surface area contributed by atoms with Crippen LogP contribution in [-0.2, 0) is 29.4 Å². The van der Waals surface area contributed by atoms with E-state index in [1.54, 1.807) is 0 Å². The van der Waals surface area contributed by atoms with E-state index in [-0.39, 0.29) is 34.7 Å². The Balaban J connectivity index is 1.71. The van der Waals surface area contributed by atoms with Crippen LogP contribution < -0.4 is 10.4 Å². The fourth-order valence-electron chi connectivity index (χ4n) is 7.91. The highest BCUT2D eigenvalue weighted by atomic mass is 28.4. The molecule has 0 spiro atoms. The summed E-state index contributed by atoms with van der Waals surface area (Å²) >= 11 is 0. The lowest BCUT2D eigenvalue weighted by atomic mass is 9.90. The second kappa shape index (κ2) is 13.6. The lowest BCUT2D eigenvalue weighted by Crippen LogP contribution is -2.77. The predicted octanol–water partition coefficient (Wildman–Crippen LogP) is 7.09. The molecule has 48 heavy (non-hydrogen) atoms. The molecule has 2 heterocycles. The molecule has 0 amide bonds. The summed E-state index contributed by atoms with van der Waals surface area (Å²) in [6, 6.07) is 30.8. The molecule has 0 aliphatic carbocycles. The van der Waals surface area contributed by atoms with E-state index in [0.717, 1.165) is 15.9 Å². The third-order valence-electron chi connectivity index (χ3n) is 9.93. The quantitative estimate of drug-likeness (QED) is 0.202. The first kappa shape index (κ1) is 36.7. The summed E-state index contributed by atoms with van der Waals surface area (Å²) < 4.78 is 35.5. The zero-order chi connectivity index (χ0) is 35.0. The molecule has 0 unspecified atom stereocenters. The molecule has 1 N–H and O–H groups in total. The molecule has 0 bridgehead atoms. The fraction of sp³-hybridized carbons (Fsp3) is 0.500. The SMILES string of the molecule is C#CC[C@]1(OCc2ccccc2)O[C@@H]2CO[Si](C(C)(C)C)(C(C)(C)C)O[C@H]2[C@H](O[Si](c2ccccc2)(c2ccccc2)C(C)(C)C)[C@H]1O. The number of terminal acetylenes is 1. The van der Waals surface area contributed by atoms with Crippen molar-refractivity contribution in [1.29, 1.82) is 0 Å². The van der Waals surface area contributed by atoms with E-state index in [1.807, 2.05) is 42.5 Å². The second-order valence-electron chi connectivity index (χ2n) is 16.3. The summed E-state index contributed by atoms with van der Waals surface area (Å²) in [5, 5.41) is 14.0.